The lowest BCUT2D eigenvalue weighted by atomic mass is 9.97. The van der Waals surface area contributed by atoms with Gasteiger partial charge in [0.2, 0.25) is 0 Å². The summed E-state index contributed by atoms with van der Waals surface area (Å²) in [5, 5.41) is 14.0. The molecule has 0 saturated carbocycles. The van der Waals surface area contributed by atoms with Gasteiger partial charge in [-0.25, -0.2) is 4.68 Å². The quantitative estimate of drug-likeness (QED) is 0.404. The van der Waals surface area contributed by atoms with Gasteiger partial charge in [0.25, 0.3) is 5.91 Å². The normalized spacial score (nSPS) is 17.5. The van der Waals surface area contributed by atoms with Crippen molar-refractivity contribution in [3.63, 3.8) is 0 Å². The molecule has 1 aliphatic heterocycles. The number of carbonyl (C=O) groups excluding carboxylic acids is 1. The molecule has 5 rings (SSSR count). The Morgan fingerprint density at radius 2 is 1.83 bits per heavy atom. The van der Waals surface area contributed by atoms with Gasteiger partial charge in [0.15, 0.2) is 17.6 Å². The molecule has 0 radical (unpaired) electrons. The summed E-state index contributed by atoms with van der Waals surface area (Å²) in [7, 11) is 0. The van der Waals surface area contributed by atoms with Crippen LogP contribution < -0.4 is 10.6 Å². The van der Waals surface area contributed by atoms with Crippen molar-refractivity contribution in [2.45, 2.75) is 38.1 Å². The van der Waals surface area contributed by atoms with Crippen LogP contribution in [-0.4, -0.2) is 31.6 Å². The fourth-order valence-electron chi connectivity index (χ4n) is 4.17. The zero-order valence-corrected chi connectivity index (χ0v) is 18.8. The number of hydrogen-bond acceptors (Lipinski definition) is 4. The average Bonchev–Trinajstić information content (AvgIpc) is 3.46. The minimum atomic E-state index is -4.52. The Bertz CT molecular complexity index is 1330. The van der Waals surface area contributed by atoms with Gasteiger partial charge in [0.1, 0.15) is 5.82 Å². The van der Waals surface area contributed by atoms with Gasteiger partial charge in [-0.05, 0) is 18.1 Å². The van der Waals surface area contributed by atoms with Crippen LogP contribution >= 0.6 is 0 Å². The lowest BCUT2D eigenvalue weighted by molar-refractivity contribution is -0.173. The van der Waals surface area contributed by atoms with Gasteiger partial charge in [0.05, 0.1) is 12.6 Å². The van der Waals surface area contributed by atoms with E-state index in [0.29, 0.717) is 6.54 Å². The lowest BCUT2D eigenvalue weighted by Crippen LogP contribution is -2.35. The molecule has 4 aromatic rings. The van der Waals surface area contributed by atoms with E-state index in [1.807, 2.05) is 37.3 Å². The number of hydrogen-bond donors (Lipinski definition) is 2. The predicted molar refractivity (Wildman–Crippen MR) is 125 cm³/mol. The number of aromatic nitrogens is 4. The summed E-state index contributed by atoms with van der Waals surface area (Å²) in [6.45, 7) is 2.53. The second-order valence-electron chi connectivity index (χ2n) is 8.60. The van der Waals surface area contributed by atoms with E-state index in [-0.39, 0.29) is 23.8 Å². The van der Waals surface area contributed by atoms with Crippen LogP contribution in [0.1, 0.15) is 45.7 Å². The highest BCUT2D eigenvalue weighted by atomic mass is 19.4. The number of anilines is 2. The van der Waals surface area contributed by atoms with Crippen LogP contribution in [0.5, 0.6) is 0 Å². The number of alkyl halides is 3. The van der Waals surface area contributed by atoms with Gasteiger partial charge < -0.3 is 10.6 Å². The maximum Gasteiger partial charge on any atom is 0.410 e. The Morgan fingerprint density at radius 3 is 2.54 bits per heavy atom. The van der Waals surface area contributed by atoms with Crippen molar-refractivity contribution in [2.24, 2.45) is 0 Å². The first-order chi connectivity index (χ1) is 16.8. The van der Waals surface area contributed by atoms with Crippen LogP contribution in [0.2, 0.25) is 0 Å². The molecule has 3 heterocycles. The SMILES string of the molecule is Cc1ccc(Cn2ccc(NC(=O)c3cc4n(n3)[C@@H](C(F)(F)F)C[C@@H](c3ccccc3)N4)n2)cc1. The molecule has 35 heavy (non-hydrogen) atoms. The first-order valence-electron chi connectivity index (χ1n) is 11.1. The molecule has 1 amide bonds. The molecule has 180 valence electrons. The van der Waals surface area contributed by atoms with E-state index in [0.717, 1.165) is 21.4 Å². The summed E-state index contributed by atoms with van der Waals surface area (Å²) in [5.74, 6) is -0.204. The van der Waals surface area contributed by atoms with Crippen molar-refractivity contribution in [3.05, 3.63) is 95.3 Å². The van der Waals surface area contributed by atoms with Crippen molar-refractivity contribution >= 4 is 17.5 Å². The van der Waals surface area contributed by atoms with Gasteiger partial charge >= 0.3 is 6.18 Å². The summed E-state index contributed by atoms with van der Waals surface area (Å²) >= 11 is 0. The maximum absolute atomic E-state index is 13.9. The molecular weight excluding hydrogens is 457 g/mol. The van der Waals surface area contributed by atoms with Crippen molar-refractivity contribution in [3.8, 4) is 0 Å². The smallest absolute Gasteiger partial charge is 0.363 e. The highest BCUT2D eigenvalue weighted by molar-refractivity contribution is 6.02. The largest absolute Gasteiger partial charge is 0.410 e. The zero-order valence-electron chi connectivity index (χ0n) is 18.8. The van der Waals surface area contributed by atoms with Gasteiger partial charge in [-0.1, -0.05) is 60.2 Å². The molecule has 0 unspecified atom stereocenters. The summed E-state index contributed by atoms with van der Waals surface area (Å²) in [5.41, 5.74) is 2.82. The van der Waals surface area contributed by atoms with Crippen molar-refractivity contribution in [1.82, 2.24) is 19.6 Å². The fraction of sp³-hybridized carbons (Fsp3) is 0.240. The van der Waals surface area contributed by atoms with Crippen LogP contribution in [0.3, 0.4) is 0 Å². The molecule has 0 spiro atoms. The van der Waals surface area contributed by atoms with Gasteiger partial charge in [-0.15, -0.1) is 0 Å². The summed E-state index contributed by atoms with van der Waals surface area (Å²) < 4.78 is 44.1. The first kappa shape index (κ1) is 22.7. The highest BCUT2D eigenvalue weighted by Crippen LogP contribution is 2.43. The maximum atomic E-state index is 13.9. The second kappa shape index (κ2) is 8.94. The van der Waals surface area contributed by atoms with Crippen LogP contribution in [0.25, 0.3) is 0 Å². The number of halogens is 3. The monoisotopic (exact) mass is 480 g/mol. The number of nitrogens with one attached hydrogen (secondary N) is 2. The third-order valence-electron chi connectivity index (χ3n) is 5.97. The highest BCUT2D eigenvalue weighted by Gasteiger charge is 2.46. The molecule has 1 aliphatic rings. The third-order valence-corrected chi connectivity index (χ3v) is 5.97. The minimum Gasteiger partial charge on any atom is -0.363 e. The molecule has 7 nitrogen and oxygen atoms in total. The van der Waals surface area contributed by atoms with Crippen molar-refractivity contribution in [2.75, 3.05) is 10.6 Å². The van der Waals surface area contributed by atoms with E-state index in [4.69, 9.17) is 0 Å². The number of benzene rings is 2. The summed E-state index contributed by atoms with van der Waals surface area (Å²) in [6.07, 6.45) is -3.02. The molecule has 0 fully saturated rings. The summed E-state index contributed by atoms with van der Waals surface area (Å²) in [4.78, 5) is 12.8. The third kappa shape index (κ3) is 4.91. The van der Waals surface area contributed by atoms with E-state index in [2.05, 4.69) is 20.8 Å². The number of fused-ring (bicyclic) bond motifs is 1. The summed E-state index contributed by atoms with van der Waals surface area (Å²) in [6, 6.07) is 17.5. The lowest BCUT2D eigenvalue weighted by Gasteiger charge is -2.33. The van der Waals surface area contributed by atoms with Crippen molar-refractivity contribution < 1.29 is 18.0 Å². The molecule has 2 aromatic heterocycles. The average molecular weight is 480 g/mol. The van der Waals surface area contributed by atoms with E-state index >= 15 is 0 Å². The zero-order chi connectivity index (χ0) is 24.6. The molecular formula is C25H23F3N6O. The number of aryl methyl sites for hydroxylation is 1. The second-order valence-corrected chi connectivity index (χ2v) is 8.60. The Labute approximate surface area is 199 Å². The molecule has 2 atom stereocenters. The molecule has 10 heteroatoms. The number of nitrogens with zero attached hydrogens (tertiary/aromatic N) is 4. The van der Waals surface area contributed by atoms with Crippen LogP contribution in [0.15, 0.2) is 72.9 Å². The molecule has 0 saturated heterocycles. The van der Waals surface area contributed by atoms with E-state index in [1.165, 1.54) is 6.07 Å². The molecule has 2 aromatic carbocycles. The minimum absolute atomic E-state index is 0.122. The molecule has 2 N–H and O–H groups in total. The Balaban J connectivity index is 1.33. The first-order valence-corrected chi connectivity index (χ1v) is 11.1. The van der Waals surface area contributed by atoms with Crippen LogP contribution in [0, 0.1) is 6.92 Å². The van der Waals surface area contributed by atoms with Gasteiger partial charge in [-0.3, -0.25) is 9.48 Å². The van der Waals surface area contributed by atoms with Gasteiger partial charge in [-0.2, -0.15) is 23.4 Å². The molecule has 0 aliphatic carbocycles. The topological polar surface area (TPSA) is 76.8 Å². The predicted octanol–water partition coefficient (Wildman–Crippen LogP) is 5.35. The van der Waals surface area contributed by atoms with E-state index in [1.54, 1.807) is 41.2 Å². The Morgan fingerprint density at radius 1 is 1.09 bits per heavy atom. The number of amides is 1. The van der Waals surface area contributed by atoms with Crippen LogP contribution in [0.4, 0.5) is 24.8 Å². The fourth-order valence-corrected chi connectivity index (χ4v) is 4.17. The van der Waals surface area contributed by atoms with Crippen molar-refractivity contribution in [1.29, 1.82) is 0 Å². The Hall–Kier alpha value is -4.08. The Kier molecular flexibility index (Phi) is 5.80. The molecule has 0 bridgehead atoms. The van der Waals surface area contributed by atoms with E-state index < -0.39 is 24.2 Å². The number of carbonyl (C=O) groups is 1. The van der Waals surface area contributed by atoms with Crippen LogP contribution in [-0.2, 0) is 6.54 Å². The van der Waals surface area contributed by atoms with E-state index in [9.17, 15) is 18.0 Å². The standard InChI is InChI=1S/C25H23F3N6O/c1-16-7-9-17(10-8-16)15-33-12-11-22(32-33)30-24(35)20-14-23-29-19(18-5-3-2-4-6-18)13-21(25(26,27)28)34(23)31-20/h2-12,14,19,21,29H,13,15H2,1H3,(H,30,32,35)/t19-,21+/m0/s1. The number of rotatable bonds is 5. The van der Waals surface area contributed by atoms with Gasteiger partial charge in [0, 0.05) is 24.8 Å².